The maximum absolute atomic E-state index is 13.6. The molecule has 0 heterocycles. The Morgan fingerprint density at radius 1 is 1.33 bits per heavy atom. The average molecular weight is 312 g/mol. The number of amides is 1. The van der Waals surface area contributed by atoms with Crippen molar-refractivity contribution in [3.8, 4) is 0 Å². The van der Waals surface area contributed by atoms with Crippen molar-refractivity contribution in [3.05, 3.63) is 35.7 Å². The molecule has 21 heavy (non-hydrogen) atoms. The number of hydrogen-bond acceptors (Lipinski definition) is 3. The number of allylic oxidation sites excluding steroid dienone is 1. The van der Waals surface area contributed by atoms with Crippen LogP contribution in [0.4, 0.5) is 10.1 Å². The van der Waals surface area contributed by atoms with Crippen LogP contribution < -0.4 is 10.5 Å². The average Bonchev–Trinajstić information content (AvgIpc) is 2.41. The summed E-state index contributed by atoms with van der Waals surface area (Å²) < 4.78 is 36.1. The lowest BCUT2D eigenvalue weighted by molar-refractivity contribution is -0.115. The molecule has 1 amide bonds. The maximum Gasteiger partial charge on any atom is 0.238 e. The van der Waals surface area contributed by atoms with Gasteiger partial charge in [-0.2, -0.15) is 0 Å². The van der Waals surface area contributed by atoms with E-state index in [-0.39, 0.29) is 22.9 Å². The van der Waals surface area contributed by atoms with Gasteiger partial charge in [-0.25, -0.2) is 17.9 Å². The molecule has 0 unspecified atom stereocenters. The lowest BCUT2D eigenvalue weighted by Gasteiger charge is -2.13. The monoisotopic (exact) mass is 312 g/mol. The number of nitrogens with one attached hydrogen (secondary N) is 1. The number of carbonyl (C=O) groups is 1. The van der Waals surface area contributed by atoms with Gasteiger partial charge in [-0.1, -0.05) is 11.6 Å². The van der Waals surface area contributed by atoms with Crippen LogP contribution in [0.5, 0.6) is 0 Å². The molecule has 3 N–H and O–H groups in total. The normalized spacial score (nSPS) is 15.4. The minimum absolute atomic E-state index is 0.178. The topological polar surface area (TPSA) is 89.3 Å². The van der Waals surface area contributed by atoms with Crippen molar-refractivity contribution in [1.29, 1.82) is 0 Å². The van der Waals surface area contributed by atoms with E-state index in [0.717, 1.165) is 49.5 Å². The second kappa shape index (κ2) is 6.36. The van der Waals surface area contributed by atoms with Crippen molar-refractivity contribution in [2.45, 2.75) is 37.0 Å². The molecule has 1 aromatic carbocycles. The van der Waals surface area contributed by atoms with Gasteiger partial charge in [0.2, 0.25) is 15.9 Å². The summed E-state index contributed by atoms with van der Waals surface area (Å²) in [5.41, 5.74) is 0.852. The molecule has 0 saturated heterocycles. The van der Waals surface area contributed by atoms with Crippen molar-refractivity contribution in [3.63, 3.8) is 0 Å². The molecule has 5 nitrogen and oxygen atoms in total. The third-order valence-corrected chi connectivity index (χ3v) is 4.22. The molecular weight excluding hydrogens is 295 g/mol. The zero-order valence-electron chi connectivity index (χ0n) is 11.4. The minimum Gasteiger partial charge on any atom is -0.323 e. The lowest BCUT2D eigenvalue weighted by atomic mass is 9.97. The van der Waals surface area contributed by atoms with Gasteiger partial charge in [0.05, 0.1) is 10.6 Å². The molecule has 0 atom stereocenters. The second-order valence-electron chi connectivity index (χ2n) is 5.02. The fourth-order valence-corrected chi connectivity index (χ4v) is 2.78. The van der Waals surface area contributed by atoms with E-state index in [1.54, 1.807) is 0 Å². The van der Waals surface area contributed by atoms with Gasteiger partial charge in [0.15, 0.2) is 0 Å². The predicted octanol–water partition coefficient (Wildman–Crippen LogP) is 2.30. The quantitative estimate of drug-likeness (QED) is 0.836. The number of halogens is 1. The molecule has 0 bridgehead atoms. The van der Waals surface area contributed by atoms with Gasteiger partial charge in [0, 0.05) is 6.42 Å². The van der Waals surface area contributed by atoms with Crippen molar-refractivity contribution >= 4 is 21.6 Å². The Labute approximate surface area is 123 Å². The number of benzene rings is 1. The zero-order chi connectivity index (χ0) is 15.5. The number of nitrogens with two attached hydrogens (primary N) is 1. The van der Waals surface area contributed by atoms with Crippen LogP contribution in [-0.2, 0) is 14.8 Å². The van der Waals surface area contributed by atoms with Gasteiger partial charge < -0.3 is 5.32 Å². The van der Waals surface area contributed by atoms with E-state index >= 15 is 0 Å². The molecule has 114 valence electrons. The third kappa shape index (κ3) is 4.37. The number of sulfonamides is 1. The summed E-state index contributed by atoms with van der Waals surface area (Å²) in [4.78, 5) is 11.7. The van der Waals surface area contributed by atoms with Crippen LogP contribution >= 0.6 is 0 Å². The number of hydrogen-bond donors (Lipinski definition) is 2. The molecular formula is C14H17FN2O3S. The largest absolute Gasteiger partial charge is 0.323 e. The van der Waals surface area contributed by atoms with Gasteiger partial charge in [-0.3, -0.25) is 4.79 Å². The van der Waals surface area contributed by atoms with Crippen molar-refractivity contribution < 1.29 is 17.6 Å². The van der Waals surface area contributed by atoms with Gasteiger partial charge in [-0.15, -0.1) is 0 Å². The maximum atomic E-state index is 13.6. The van der Waals surface area contributed by atoms with Crippen LogP contribution in [0.2, 0.25) is 0 Å². The first-order chi connectivity index (χ1) is 9.86. The standard InChI is InChI=1S/C14H17FN2O3S/c15-12-7-6-11(21(16,19)20)9-13(12)17-14(18)8-10-4-2-1-3-5-10/h4,6-7,9H,1-3,5,8H2,(H,17,18)(H2,16,19,20). The molecule has 0 spiro atoms. The molecule has 2 rings (SSSR count). The van der Waals surface area contributed by atoms with E-state index in [2.05, 4.69) is 5.32 Å². The smallest absolute Gasteiger partial charge is 0.238 e. The first-order valence-corrected chi connectivity index (χ1v) is 8.21. The highest BCUT2D eigenvalue weighted by Crippen LogP contribution is 2.22. The van der Waals surface area contributed by atoms with Crippen LogP contribution in [0, 0.1) is 5.82 Å². The minimum atomic E-state index is -3.93. The second-order valence-corrected chi connectivity index (χ2v) is 6.58. The van der Waals surface area contributed by atoms with Crippen LogP contribution in [0.1, 0.15) is 32.1 Å². The van der Waals surface area contributed by atoms with Crippen molar-refractivity contribution in [2.75, 3.05) is 5.32 Å². The van der Waals surface area contributed by atoms with Gasteiger partial charge >= 0.3 is 0 Å². The number of carbonyl (C=O) groups excluding carboxylic acids is 1. The Morgan fingerprint density at radius 2 is 2.10 bits per heavy atom. The summed E-state index contributed by atoms with van der Waals surface area (Å²) in [6, 6.07) is 3.05. The Morgan fingerprint density at radius 3 is 2.71 bits per heavy atom. The fraction of sp³-hybridized carbons (Fsp3) is 0.357. The molecule has 0 saturated carbocycles. The summed E-state index contributed by atoms with van der Waals surface area (Å²) in [5, 5.41) is 7.38. The Balaban J connectivity index is 2.11. The van der Waals surface area contributed by atoms with Gasteiger partial charge in [-0.05, 0) is 43.9 Å². The number of anilines is 1. The Hall–Kier alpha value is -1.73. The Bertz CT molecular complexity index is 683. The summed E-state index contributed by atoms with van der Waals surface area (Å²) in [6.45, 7) is 0. The van der Waals surface area contributed by atoms with Gasteiger partial charge in [0.1, 0.15) is 5.82 Å². The molecule has 7 heteroatoms. The molecule has 1 aromatic rings. The number of rotatable bonds is 4. The van der Waals surface area contributed by atoms with Crippen LogP contribution in [0.25, 0.3) is 0 Å². The predicted molar refractivity (Wildman–Crippen MR) is 77.6 cm³/mol. The highest BCUT2D eigenvalue weighted by molar-refractivity contribution is 7.89. The van der Waals surface area contributed by atoms with E-state index in [9.17, 15) is 17.6 Å². The molecule has 1 aliphatic rings. The first-order valence-electron chi connectivity index (χ1n) is 6.66. The fourth-order valence-electron chi connectivity index (χ4n) is 2.24. The molecule has 1 aliphatic carbocycles. The molecule has 0 fully saturated rings. The summed E-state index contributed by atoms with van der Waals surface area (Å²) >= 11 is 0. The summed E-state index contributed by atoms with van der Waals surface area (Å²) in [7, 11) is -3.93. The van der Waals surface area contributed by atoms with Crippen LogP contribution in [-0.4, -0.2) is 14.3 Å². The van der Waals surface area contributed by atoms with Crippen LogP contribution in [0.15, 0.2) is 34.7 Å². The zero-order valence-corrected chi connectivity index (χ0v) is 12.2. The molecule has 0 aromatic heterocycles. The lowest BCUT2D eigenvalue weighted by Crippen LogP contribution is -2.16. The summed E-state index contributed by atoms with van der Waals surface area (Å²) in [6.07, 6.45) is 6.22. The van der Waals surface area contributed by atoms with E-state index in [1.807, 2.05) is 6.08 Å². The Kier molecular flexibility index (Phi) is 4.74. The third-order valence-electron chi connectivity index (χ3n) is 3.31. The molecule has 0 aliphatic heterocycles. The highest BCUT2D eigenvalue weighted by atomic mass is 32.2. The van der Waals surface area contributed by atoms with Crippen molar-refractivity contribution in [1.82, 2.24) is 0 Å². The van der Waals surface area contributed by atoms with Crippen LogP contribution in [0.3, 0.4) is 0 Å². The van der Waals surface area contributed by atoms with E-state index in [4.69, 9.17) is 5.14 Å². The molecule has 0 radical (unpaired) electrons. The number of primary sulfonamides is 1. The van der Waals surface area contributed by atoms with E-state index < -0.39 is 15.8 Å². The van der Waals surface area contributed by atoms with Gasteiger partial charge in [0.25, 0.3) is 0 Å². The van der Waals surface area contributed by atoms with E-state index in [0.29, 0.717) is 0 Å². The summed E-state index contributed by atoms with van der Waals surface area (Å²) in [5.74, 6) is -1.07. The van der Waals surface area contributed by atoms with Crippen molar-refractivity contribution in [2.24, 2.45) is 5.14 Å². The first kappa shape index (κ1) is 15.7. The van der Waals surface area contributed by atoms with E-state index in [1.165, 1.54) is 0 Å². The SMILES string of the molecule is NS(=O)(=O)c1ccc(F)c(NC(=O)CC2=CCCCC2)c1. The highest BCUT2D eigenvalue weighted by Gasteiger charge is 2.15.